The topological polar surface area (TPSA) is 132 Å². The van der Waals surface area contributed by atoms with Crippen molar-refractivity contribution in [2.24, 2.45) is 0 Å². The number of anilines is 4. The van der Waals surface area contributed by atoms with Gasteiger partial charge in [-0.15, -0.1) is 0 Å². The quantitative estimate of drug-likeness (QED) is 0.164. The number of aromatic nitrogens is 2. The van der Waals surface area contributed by atoms with Gasteiger partial charge in [-0.1, -0.05) is 41.4 Å². The summed E-state index contributed by atoms with van der Waals surface area (Å²) in [6.07, 6.45) is 0. The Labute approximate surface area is 251 Å². The van der Waals surface area contributed by atoms with Crippen LogP contribution >= 0.6 is 23.2 Å². The van der Waals surface area contributed by atoms with Crippen molar-refractivity contribution in [3.8, 4) is 11.5 Å². The number of benzene rings is 4. The number of sulfonamides is 1. The minimum atomic E-state index is -4.19. The molecule has 0 spiro atoms. The average molecular weight is 625 g/mol. The molecule has 5 rings (SSSR count). The number of nitrogens with one attached hydrogen (secondary N) is 3. The molecule has 5 aromatic rings. The third kappa shape index (κ3) is 6.65. The summed E-state index contributed by atoms with van der Waals surface area (Å²) < 4.78 is 40.3. The van der Waals surface area contributed by atoms with Crippen molar-refractivity contribution in [1.82, 2.24) is 9.97 Å². The predicted molar refractivity (Wildman–Crippen MR) is 164 cm³/mol. The summed E-state index contributed by atoms with van der Waals surface area (Å²) in [5.74, 6) is 0.633. The van der Waals surface area contributed by atoms with Gasteiger partial charge < -0.3 is 20.1 Å². The smallest absolute Gasteiger partial charge is 0.263 e. The van der Waals surface area contributed by atoms with Gasteiger partial charge in [0, 0.05) is 45.2 Å². The third-order valence-corrected chi connectivity index (χ3v) is 7.72. The van der Waals surface area contributed by atoms with Crippen molar-refractivity contribution < 1.29 is 22.7 Å². The van der Waals surface area contributed by atoms with Gasteiger partial charge in [0.1, 0.15) is 11.5 Å². The standard InChI is InChI=1S/C29H23Cl2N5O5S/c1-40-22-13-21(14-23(16-22)41-2)32-27-28(35-26-9-4-3-8-25(26)34-27)36-42(38,39)24-7-5-6-20(15-24)33-29(37)17-10-18(30)12-19(31)11-17/h3-16H,1-2H3,(H,32,34)(H,33,37)(H,35,36). The molecule has 0 aliphatic carbocycles. The van der Waals surface area contributed by atoms with Crippen LogP contribution in [0.25, 0.3) is 11.0 Å². The van der Waals surface area contributed by atoms with E-state index < -0.39 is 15.9 Å². The summed E-state index contributed by atoms with van der Waals surface area (Å²) in [6.45, 7) is 0. The highest BCUT2D eigenvalue weighted by Gasteiger charge is 2.20. The molecule has 1 heterocycles. The van der Waals surface area contributed by atoms with Crippen LogP contribution in [-0.4, -0.2) is 38.5 Å². The van der Waals surface area contributed by atoms with Crippen LogP contribution in [0, 0.1) is 0 Å². The Morgan fingerprint density at radius 2 is 1.36 bits per heavy atom. The van der Waals surface area contributed by atoms with Crippen LogP contribution in [-0.2, 0) is 10.0 Å². The second-order valence-corrected chi connectivity index (χ2v) is 11.4. The van der Waals surface area contributed by atoms with E-state index in [0.717, 1.165) is 0 Å². The Balaban J connectivity index is 1.47. The maximum absolute atomic E-state index is 13.5. The summed E-state index contributed by atoms with van der Waals surface area (Å²) in [5, 5.41) is 6.37. The number of halogens is 2. The van der Waals surface area contributed by atoms with Crippen molar-refractivity contribution in [2.75, 3.05) is 29.6 Å². The van der Waals surface area contributed by atoms with Crippen LogP contribution in [0.2, 0.25) is 10.0 Å². The number of carbonyl (C=O) groups is 1. The van der Waals surface area contributed by atoms with Crippen LogP contribution in [0.3, 0.4) is 0 Å². The van der Waals surface area contributed by atoms with E-state index >= 15 is 0 Å². The Bertz CT molecular complexity index is 1880. The maximum atomic E-state index is 13.5. The fourth-order valence-electron chi connectivity index (χ4n) is 3.99. The number of hydrogen-bond acceptors (Lipinski definition) is 8. The maximum Gasteiger partial charge on any atom is 0.263 e. The summed E-state index contributed by atoms with van der Waals surface area (Å²) >= 11 is 12.0. The lowest BCUT2D eigenvalue weighted by Gasteiger charge is -2.15. The van der Waals surface area contributed by atoms with E-state index in [9.17, 15) is 13.2 Å². The van der Waals surface area contributed by atoms with Gasteiger partial charge >= 0.3 is 0 Å². The molecule has 0 saturated carbocycles. The summed E-state index contributed by atoms with van der Waals surface area (Å²) in [7, 11) is -1.15. The second kappa shape index (κ2) is 12.1. The number of carbonyl (C=O) groups excluding carboxylic acids is 1. The molecule has 0 fully saturated rings. The first-order valence-electron chi connectivity index (χ1n) is 12.3. The van der Waals surface area contributed by atoms with E-state index in [1.165, 1.54) is 50.6 Å². The molecule has 0 unspecified atom stereocenters. The van der Waals surface area contributed by atoms with Crippen molar-refractivity contribution in [1.29, 1.82) is 0 Å². The molecule has 0 bridgehead atoms. The lowest BCUT2D eigenvalue weighted by Crippen LogP contribution is -2.17. The van der Waals surface area contributed by atoms with Crippen molar-refractivity contribution in [3.63, 3.8) is 0 Å². The molecule has 4 aromatic carbocycles. The SMILES string of the molecule is COc1cc(Nc2nc3ccccc3nc2NS(=O)(=O)c2cccc(NC(=O)c3cc(Cl)cc(Cl)c3)c2)cc(OC)c1. The van der Waals surface area contributed by atoms with E-state index in [1.807, 2.05) is 0 Å². The number of rotatable bonds is 9. The molecule has 0 atom stereocenters. The largest absolute Gasteiger partial charge is 0.497 e. The van der Waals surface area contributed by atoms with Gasteiger partial charge in [0.25, 0.3) is 15.9 Å². The average Bonchev–Trinajstić information content (AvgIpc) is 2.96. The molecule has 13 heteroatoms. The van der Waals surface area contributed by atoms with Gasteiger partial charge in [-0.05, 0) is 48.5 Å². The molecule has 10 nitrogen and oxygen atoms in total. The number of hydrogen-bond donors (Lipinski definition) is 3. The molecule has 0 aliphatic heterocycles. The zero-order valence-electron chi connectivity index (χ0n) is 22.2. The molecule has 1 aromatic heterocycles. The zero-order chi connectivity index (χ0) is 29.9. The lowest BCUT2D eigenvalue weighted by atomic mass is 10.2. The van der Waals surface area contributed by atoms with Gasteiger partial charge in [0.2, 0.25) is 0 Å². The highest BCUT2D eigenvalue weighted by atomic mass is 35.5. The van der Waals surface area contributed by atoms with Crippen LogP contribution < -0.4 is 24.8 Å². The number of methoxy groups -OCH3 is 2. The molecule has 214 valence electrons. The van der Waals surface area contributed by atoms with E-state index in [1.54, 1.807) is 48.5 Å². The molecular weight excluding hydrogens is 601 g/mol. The van der Waals surface area contributed by atoms with Crippen molar-refractivity contribution >= 4 is 73.2 Å². The minimum Gasteiger partial charge on any atom is -0.497 e. The van der Waals surface area contributed by atoms with Gasteiger partial charge in [-0.25, -0.2) is 18.4 Å². The van der Waals surface area contributed by atoms with Gasteiger partial charge in [-0.3, -0.25) is 9.52 Å². The Morgan fingerprint density at radius 1 is 0.738 bits per heavy atom. The van der Waals surface area contributed by atoms with E-state index in [4.69, 9.17) is 32.7 Å². The first-order valence-corrected chi connectivity index (χ1v) is 14.5. The number of amides is 1. The van der Waals surface area contributed by atoms with Crippen molar-refractivity contribution in [3.05, 3.63) is 101 Å². The van der Waals surface area contributed by atoms with E-state index in [0.29, 0.717) is 38.3 Å². The highest BCUT2D eigenvalue weighted by Crippen LogP contribution is 2.32. The third-order valence-electron chi connectivity index (χ3n) is 5.94. The second-order valence-electron chi connectivity index (χ2n) is 8.88. The molecule has 0 radical (unpaired) electrons. The zero-order valence-corrected chi connectivity index (χ0v) is 24.5. The molecule has 0 saturated heterocycles. The number of ether oxygens (including phenoxy) is 2. The van der Waals surface area contributed by atoms with Crippen molar-refractivity contribution in [2.45, 2.75) is 4.90 Å². The lowest BCUT2D eigenvalue weighted by molar-refractivity contribution is 0.102. The molecule has 42 heavy (non-hydrogen) atoms. The summed E-state index contributed by atoms with van der Waals surface area (Å²) in [5.41, 5.74) is 2.01. The van der Waals surface area contributed by atoms with Gasteiger partial charge in [0.15, 0.2) is 11.6 Å². The monoisotopic (exact) mass is 623 g/mol. The van der Waals surface area contributed by atoms with Crippen LogP contribution in [0.4, 0.5) is 23.0 Å². The fraction of sp³-hybridized carbons (Fsp3) is 0.0690. The van der Waals surface area contributed by atoms with E-state index in [2.05, 4.69) is 25.3 Å². The van der Waals surface area contributed by atoms with Crippen LogP contribution in [0.5, 0.6) is 11.5 Å². The summed E-state index contributed by atoms with van der Waals surface area (Å²) in [4.78, 5) is 21.8. The molecule has 3 N–H and O–H groups in total. The number of para-hydroxylation sites is 2. The molecular formula is C29H23Cl2N5O5S. The molecule has 1 amide bonds. The minimum absolute atomic E-state index is 0.0431. The highest BCUT2D eigenvalue weighted by molar-refractivity contribution is 7.92. The Kier molecular flexibility index (Phi) is 8.34. The first-order chi connectivity index (χ1) is 20.1. The number of nitrogens with zero attached hydrogens (tertiary/aromatic N) is 2. The Hall–Kier alpha value is -4.58. The molecule has 0 aliphatic rings. The first kappa shape index (κ1) is 28.9. The fourth-order valence-corrected chi connectivity index (χ4v) is 5.57. The normalized spacial score (nSPS) is 11.1. The predicted octanol–water partition coefficient (Wildman–Crippen LogP) is 6.75. The van der Waals surface area contributed by atoms with Gasteiger partial charge in [0.05, 0.1) is 30.1 Å². The Morgan fingerprint density at radius 3 is 1.98 bits per heavy atom. The van der Waals surface area contributed by atoms with Crippen LogP contribution in [0.1, 0.15) is 10.4 Å². The van der Waals surface area contributed by atoms with Gasteiger partial charge in [-0.2, -0.15) is 0 Å². The summed E-state index contributed by atoms with van der Waals surface area (Å²) in [6, 6.07) is 22.3. The van der Waals surface area contributed by atoms with E-state index in [-0.39, 0.29) is 27.8 Å². The van der Waals surface area contributed by atoms with Crippen LogP contribution in [0.15, 0.2) is 89.8 Å². The number of fused-ring (bicyclic) bond motifs is 1.